The number of Topliss-reactive ketones (excluding diaryl/α,β-unsaturated/α-hetero) is 2. The van der Waals surface area contributed by atoms with E-state index < -0.39 is 14.1 Å². The molecule has 4 heteroatoms. The van der Waals surface area contributed by atoms with Crippen LogP contribution < -0.4 is 0 Å². The molecule has 3 nitrogen and oxygen atoms in total. The third-order valence-corrected chi connectivity index (χ3v) is 5.13. The summed E-state index contributed by atoms with van der Waals surface area (Å²) in [7, 11) is -0.469. The summed E-state index contributed by atoms with van der Waals surface area (Å²) in [6.45, 7) is 11.3. The highest BCUT2D eigenvalue weighted by Crippen LogP contribution is 2.27. The Morgan fingerprint density at radius 3 is 1.20 bits per heavy atom. The van der Waals surface area contributed by atoms with Gasteiger partial charge in [0.15, 0.2) is 25.7 Å². The summed E-state index contributed by atoms with van der Waals surface area (Å²) in [5.74, 6) is -0.757. The van der Waals surface area contributed by atoms with Crippen molar-refractivity contribution in [1.29, 1.82) is 0 Å². The Labute approximate surface area is 150 Å². The molecule has 0 atom stereocenters. The summed E-state index contributed by atoms with van der Waals surface area (Å²) in [6, 6.07) is 7.63. The Kier molecular flexibility index (Phi) is 5.69. The van der Waals surface area contributed by atoms with Gasteiger partial charge in [-0.1, -0.05) is 35.4 Å². The Balaban J connectivity index is 2.52. The summed E-state index contributed by atoms with van der Waals surface area (Å²) in [4.78, 5) is 26.0. The van der Waals surface area contributed by atoms with Gasteiger partial charge in [0, 0.05) is 11.1 Å². The molecule has 0 saturated carbocycles. The average molecular weight is 354 g/mol. The molecule has 0 bridgehead atoms. The maximum atomic E-state index is 13.0. The molecule has 0 N–H and O–H groups in total. The van der Waals surface area contributed by atoms with Gasteiger partial charge in [0.2, 0.25) is 0 Å². The number of carbonyl (C=O) groups is 2. The normalized spacial score (nSPS) is 11.2. The van der Waals surface area contributed by atoms with Crippen LogP contribution in [-0.2, 0) is 4.57 Å². The van der Waals surface area contributed by atoms with Gasteiger partial charge in [-0.2, -0.15) is 0 Å². The lowest BCUT2D eigenvalue weighted by atomic mass is 9.90. The molecule has 2 aromatic carbocycles. The second-order valence-electron chi connectivity index (χ2n) is 6.78. The van der Waals surface area contributed by atoms with Gasteiger partial charge >= 0.3 is 0 Å². The van der Waals surface area contributed by atoms with Gasteiger partial charge in [0.25, 0.3) is 0 Å². The van der Waals surface area contributed by atoms with Gasteiger partial charge in [0.05, 0.1) is 0 Å². The highest BCUT2D eigenvalue weighted by atomic mass is 31.1. The topological polar surface area (TPSA) is 51.2 Å². The molecule has 130 valence electrons. The lowest BCUT2D eigenvalue weighted by Gasteiger charge is -2.16. The van der Waals surface area contributed by atoms with Crippen molar-refractivity contribution in [3.05, 3.63) is 68.8 Å². The van der Waals surface area contributed by atoms with Crippen molar-refractivity contribution in [2.75, 3.05) is 0 Å². The Morgan fingerprint density at radius 1 is 0.680 bits per heavy atom. The zero-order valence-corrected chi connectivity index (χ0v) is 16.5. The summed E-state index contributed by atoms with van der Waals surface area (Å²) in [6.07, 6.45) is 0. The van der Waals surface area contributed by atoms with E-state index >= 15 is 0 Å². The fraction of sp³-hybridized carbons (Fsp3) is 0.333. The van der Waals surface area contributed by atoms with E-state index in [0.717, 1.165) is 33.4 Å². The number of hydrogen-bond donors (Lipinski definition) is 0. The van der Waals surface area contributed by atoms with Crippen LogP contribution >= 0.6 is 8.46 Å². The van der Waals surface area contributed by atoms with E-state index in [0.29, 0.717) is 11.1 Å². The number of ketones is 2. The Morgan fingerprint density at radius 2 is 0.960 bits per heavy atom. The van der Waals surface area contributed by atoms with Gasteiger partial charge in [-0.25, -0.2) is 0 Å². The number of carbonyl (C=O) groups excluding carboxylic acids is 2. The van der Waals surface area contributed by atoms with Crippen molar-refractivity contribution in [2.45, 2.75) is 47.2 Å². The lowest BCUT2D eigenvalue weighted by molar-refractivity contribution is 0.0900. The zero-order valence-electron chi connectivity index (χ0n) is 15.6. The molecular weight excluding hydrogens is 331 g/mol. The van der Waals surface area contributed by atoms with E-state index in [9.17, 15) is 14.2 Å². The van der Waals surface area contributed by atoms with Crippen molar-refractivity contribution >= 4 is 20.0 Å². The molecular formula is C21H23O3P. The van der Waals surface area contributed by atoms with Crippen LogP contribution in [0.1, 0.15) is 54.1 Å². The van der Waals surface area contributed by atoms with E-state index in [4.69, 9.17) is 0 Å². The Hall–Kier alpha value is -2.12. The van der Waals surface area contributed by atoms with Crippen LogP contribution in [0.25, 0.3) is 0 Å². The molecule has 0 unspecified atom stereocenters. The van der Waals surface area contributed by atoms with E-state index in [-0.39, 0.29) is 11.6 Å². The predicted molar refractivity (Wildman–Crippen MR) is 101 cm³/mol. The van der Waals surface area contributed by atoms with Gasteiger partial charge in [-0.15, -0.1) is 0 Å². The molecule has 0 heterocycles. The molecule has 0 spiro atoms. The third kappa shape index (κ3) is 3.77. The molecule has 2 rings (SSSR count). The van der Waals surface area contributed by atoms with Crippen LogP contribution in [0, 0.1) is 41.5 Å². The van der Waals surface area contributed by atoms with Gasteiger partial charge in [-0.05, 0) is 63.8 Å². The molecule has 0 radical (unpaired) electrons. The summed E-state index contributed by atoms with van der Waals surface area (Å²) in [5.41, 5.74) is 5.12. The first-order valence-corrected chi connectivity index (χ1v) is 9.12. The van der Waals surface area contributed by atoms with Crippen LogP contribution in [0.3, 0.4) is 0 Å². The summed E-state index contributed by atoms with van der Waals surface area (Å²) < 4.78 is 11.8. The quantitative estimate of drug-likeness (QED) is 0.418. The fourth-order valence-corrected chi connectivity index (χ4v) is 4.08. The predicted octanol–water partition coefficient (Wildman–Crippen LogP) is 5.26. The first-order chi connectivity index (χ1) is 11.7. The third-order valence-electron chi connectivity index (χ3n) is 4.45. The van der Waals surface area contributed by atoms with Crippen molar-refractivity contribution in [1.82, 2.24) is 0 Å². The van der Waals surface area contributed by atoms with Crippen molar-refractivity contribution in [2.24, 2.45) is 0 Å². The van der Waals surface area contributed by atoms with Crippen molar-refractivity contribution < 1.29 is 14.2 Å². The van der Waals surface area contributed by atoms with E-state index in [1.54, 1.807) is 0 Å². The SMILES string of the molecule is Cc1cc(C)c(C(=O)C(P=O)C(=O)c2c(C)cc(C)cc2C)c(C)c1. The van der Waals surface area contributed by atoms with Crippen LogP contribution in [0.15, 0.2) is 24.3 Å². The standard InChI is InChI=1S/C21H23O3P/c1-11-7-13(3)17(14(4)8-11)19(22)21(25-24)20(23)18-15(5)9-12(2)10-16(18)6/h7-10,21H,1-6H3. The minimum absolute atomic E-state index is 0.379. The molecule has 0 aliphatic rings. The first-order valence-electron chi connectivity index (χ1n) is 8.24. The maximum Gasteiger partial charge on any atom is 0.185 e. The number of hydrogen-bond acceptors (Lipinski definition) is 3. The van der Waals surface area contributed by atoms with E-state index in [1.165, 1.54) is 0 Å². The van der Waals surface area contributed by atoms with Crippen LogP contribution in [0.2, 0.25) is 0 Å². The Bertz CT molecular complexity index is 765. The largest absolute Gasteiger partial charge is 0.292 e. The zero-order chi connectivity index (χ0) is 18.9. The molecule has 0 fully saturated rings. The van der Waals surface area contributed by atoms with Gasteiger partial charge in [-0.3, -0.25) is 14.2 Å². The van der Waals surface area contributed by atoms with Crippen molar-refractivity contribution in [3.63, 3.8) is 0 Å². The minimum Gasteiger partial charge on any atom is -0.292 e. The van der Waals surface area contributed by atoms with E-state index in [1.807, 2.05) is 65.8 Å². The molecule has 0 aromatic heterocycles. The first kappa shape index (κ1) is 19.2. The average Bonchev–Trinajstić information content (AvgIpc) is 2.45. The minimum atomic E-state index is -1.21. The molecule has 0 amide bonds. The lowest BCUT2D eigenvalue weighted by Crippen LogP contribution is -2.28. The number of benzene rings is 2. The van der Waals surface area contributed by atoms with E-state index in [2.05, 4.69) is 0 Å². The molecule has 0 aliphatic carbocycles. The molecule has 25 heavy (non-hydrogen) atoms. The van der Waals surface area contributed by atoms with Crippen molar-refractivity contribution in [3.8, 4) is 0 Å². The monoisotopic (exact) mass is 354 g/mol. The number of aryl methyl sites for hydroxylation is 6. The van der Waals surface area contributed by atoms with Crippen LogP contribution in [0.4, 0.5) is 0 Å². The fourth-order valence-electron chi connectivity index (χ4n) is 3.63. The van der Waals surface area contributed by atoms with Gasteiger partial charge in [0.1, 0.15) is 0 Å². The highest BCUT2D eigenvalue weighted by Gasteiger charge is 2.32. The van der Waals surface area contributed by atoms with Gasteiger partial charge < -0.3 is 0 Å². The van der Waals surface area contributed by atoms with Crippen LogP contribution in [0.5, 0.6) is 0 Å². The summed E-state index contributed by atoms with van der Waals surface area (Å²) in [5, 5.41) is 0. The molecule has 2 aromatic rings. The van der Waals surface area contributed by atoms with Crippen LogP contribution in [-0.4, -0.2) is 17.2 Å². The number of rotatable bonds is 5. The maximum absolute atomic E-state index is 13.0. The summed E-state index contributed by atoms with van der Waals surface area (Å²) >= 11 is 0. The highest BCUT2D eigenvalue weighted by molar-refractivity contribution is 7.28. The smallest absolute Gasteiger partial charge is 0.185 e. The second-order valence-corrected chi connectivity index (χ2v) is 7.51. The second kappa shape index (κ2) is 7.41. The molecule has 0 saturated heterocycles. The molecule has 0 aliphatic heterocycles.